The van der Waals surface area contributed by atoms with Crippen molar-refractivity contribution in [1.29, 1.82) is 0 Å². The zero-order valence-corrected chi connectivity index (χ0v) is 16.5. The third-order valence-corrected chi connectivity index (χ3v) is 5.29. The minimum absolute atomic E-state index is 0.154. The van der Waals surface area contributed by atoms with Crippen LogP contribution in [0.25, 0.3) is 56.0 Å². The first kappa shape index (κ1) is 18.2. The zero-order valence-electron chi connectivity index (χ0n) is 16.5. The largest absolute Gasteiger partial charge is 0.508 e. The van der Waals surface area contributed by atoms with E-state index in [0.29, 0.717) is 22.5 Å². The van der Waals surface area contributed by atoms with Crippen LogP contribution in [0.15, 0.2) is 73.1 Å². The topological polar surface area (TPSA) is 103 Å². The fraction of sp³-hybridized carbons (Fsp3) is 0. The van der Waals surface area contributed by atoms with Gasteiger partial charge in [-0.15, -0.1) is 0 Å². The van der Waals surface area contributed by atoms with Gasteiger partial charge in [-0.25, -0.2) is 9.37 Å². The summed E-state index contributed by atoms with van der Waals surface area (Å²) < 4.78 is 13.9. The lowest BCUT2D eigenvalue weighted by Gasteiger charge is -2.03. The summed E-state index contributed by atoms with van der Waals surface area (Å²) in [5, 5.41) is 18.1. The lowest BCUT2D eigenvalue weighted by molar-refractivity contribution is 0.469. The van der Waals surface area contributed by atoms with Crippen LogP contribution in [0.1, 0.15) is 0 Å². The molecule has 0 radical (unpaired) electrons. The standard InChI is InChI=1S/C24H15FN6O/c25-14-9-13(10-15(32)11-14)22-16-12-21(28-17(16)6-8-27-22)24-23-20(30-31-24)5-4-19(29-23)18-3-1-2-7-26-18/h1-12,28,32H,(H,30,31). The molecule has 7 nitrogen and oxygen atoms in total. The first-order chi connectivity index (χ1) is 15.7. The number of aromatic hydroxyl groups is 1. The maximum absolute atomic E-state index is 13.9. The van der Waals surface area contributed by atoms with Crippen molar-refractivity contribution in [2.45, 2.75) is 0 Å². The molecule has 6 rings (SSSR count). The average Bonchev–Trinajstić information content (AvgIpc) is 3.42. The van der Waals surface area contributed by atoms with Crippen LogP contribution in [-0.2, 0) is 0 Å². The van der Waals surface area contributed by atoms with Crippen LogP contribution in [0.3, 0.4) is 0 Å². The normalized spacial score (nSPS) is 11.4. The Morgan fingerprint density at radius 2 is 1.75 bits per heavy atom. The quantitative estimate of drug-likeness (QED) is 0.369. The summed E-state index contributed by atoms with van der Waals surface area (Å²) in [6.07, 6.45) is 3.37. The second kappa shape index (κ2) is 6.98. The summed E-state index contributed by atoms with van der Waals surface area (Å²) in [5.41, 5.74) is 6.27. The van der Waals surface area contributed by atoms with Gasteiger partial charge in [-0.3, -0.25) is 15.1 Å². The number of hydrogen-bond acceptors (Lipinski definition) is 5. The molecule has 0 spiro atoms. The number of phenolic OH excluding ortho intramolecular Hbond substituents is 1. The van der Waals surface area contributed by atoms with Gasteiger partial charge in [0.25, 0.3) is 0 Å². The van der Waals surface area contributed by atoms with Gasteiger partial charge in [0.15, 0.2) is 0 Å². The fourth-order valence-electron chi connectivity index (χ4n) is 3.87. The summed E-state index contributed by atoms with van der Waals surface area (Å²) in [4.78, 5) is 16.9. The first-order valence-electron chi connectivity index (χ1n) is 9.90. The van der Waals surface area contributed by atoms with Gasteiger partial charge in [0, 0.05) is 34.9 Å². The number of aromatic nitrogens is 6. The summed E-state index contributed by atoms with van der Waals surface area (Å²) >= 11 is 0. The number of H-pyrrole nitrogens is 2. The lowest BCUT2D eigenvalue weighted by atomic mass is 10.1. The van der Waals surface area contributed by atoms with Crippen molar-refractivity contribution < 1.29 is 9.50 Å². The Labute approximate surface area is 180 Å². The van der Waals surface area contributed by atoms with Crippen molar-refractivity contribution in [2.75, 3.05) is 0 Å². The van der Waals surface area contributed by atoms with Crippen LogP contribution in [0.2, 0.25) is 0 Å². The summed E-state index contributed by atoms with van der Waals surface area (Å²) in [6, 6.07) is 17.1. The minimum atomic E-state index is -0.529. The maximum atomic E-state index is 13.9. The number of fused-ring (bicyclic) bond motifs is 2. The third-order valence-electron chi connectivity index (χ3n) is 5.29. The van der Waals surface area contributed by atoms with Crippen LogP contribution in [0, 0.1) is 5.82 Å². The van der Waals surface area contributed by atoms with Gasteiger partial charge in [0.05, 0.1) is 28.3 Å². The fourth-order valence-corrected chi connectivity index (χ4v) is 3.87. The smallest absolute Gasteiger partial charge is 0.135 e. The number of nitrogens with one attached hydrogen (secondary N) is 2. The Kier molecular flexibility index (Phi) is 3.97. The minimum Gasteiger partial charge on any atom is -0.508 e. The molecular formula is C24H15FN6O. The van der Waals surface area contributed by atoms with Gasteiger partial charge in [0.1, 0.15) is 22.8 Å². The van der Waals surface area contributed by atoms with Crippen molar-refractivity contribution >= 4 is 21.9 Å². The highest BCUT2D eigenvalue weighted by Crippen LogP contribution is 2.34. The van der Waals surface area contributed by atoms with E-state index in [4.69, 9.17) is 4.98 Å². The molecule has 0 saturated heterocycles. The number of pyridine rings is 3. The molecule has 0 aliphatic rings. The lowest BCUT2D eigenvalue weighted by Crippen LogP contribution is -1.87. The van der Waals surface area contributed by atoms with Crippen molar-refractivity contribution in [3.05, 3.63) is 78.9 Å². The van der Waals surface area contributed by atoms with Crippen LogP contribution in [-0.4, -0.2) is 35.2 Å². The molecule has 1 aromatic carbocycles. The highest BCUT2D eigenvalue weighted by atomic mass is 19.1. The van der Waals surface area contributed by atoms with E-state index in [2.05, 4.69) is 25.1 Å². The molecule has 0 aliphatic carbocycles. The molecule has 154 valence electrons. The monoisotopic (exact) mass is 422 g/mol. The number of benzene rings is 1. The predicted octanol–water partition coefficient (Wildman–Crippen LogP) is 5.07. The highest BCUT2D eigenvalue weighted by molar-refractivity contribution is 5.99. The molecule has 8 heteroatoms. The number of rotatable bonds is 3. The van der Waals surface area contributed by atoms with Crippen LogP contribution in [0.4, 0.5) is 4.39 Å². The van der Waals surface area contributed by atoms with Gasteiger partial charge in [-0.2, -0.15) is 5.10 Å². The molecule has 5 heterocycles. The molecule has 0 atom stereocenters. The molecule has 0 bridgehead atoms. The maximum Gasteiger partial charge on any atom is 0.135 e. The highest BCUT2D eigenvalue weighted by Gasteiger charge is 2.16. The third kappa shape index (κ3) is 2.97. The first-order valence-corrected chi connectivity index (χ1v) is 9.90. The Morgan fingerprint density at radius 1 is 0.812 bits per heavy atom. The Balaban J connectivity index is 1.52. The molecule has 5 aromatic heterocycles. The van der Waals surface area contributed by atoms with E-state index in [9.17, 15) is 9.50 Å². The van der Waals surface area contributed by atoms with Crippen molar-refractivity contribution in [3.8, 4) is 39.8 Å². The second-order valence-electron chi connectivity index (χ2n) is 7.38. The summed E-state index contributed by atoms with van der Waals surface area (Å²) in [5.74, 6) is -0.682. The van der Waals surface area contributed by atoms with Gasteiger partial charge in [-0.1, -0.05) is 6.07 Å². The molecule has 0 unspecified atom stereocenters. The SMILES string of the molecule is Oc1cc(F)cc(-c2nccc3[nH]c(-c4n[nH]c5ccc(-c6ccccn6)nc45)cc23)c1. The van der Waals surface area contributed by atoms with E-state index >= 15 is 0 Å². The van der Waals surface area contributed by atoms with Crippen molar-refractivity contribution in [3.63, 3.8) is 0 Å². The molecule has 32 heavy (non-hydrogen) atoms. The molecular weight excluding hydrogens is 407 g/mol. The van der Waals surface area contributed by atoms with E-state index in [1.807, 2.05) is 42.5 Å². The van der Waals surface area contributed by atoms with E-state index in [1.165, 1.54) is 12.1 Å². The van der Waals surface area contributed by atoms with Crippen molar-refractivity contribution in [2.24, 2.45) is 0 Å². The molecule has 3 N–H and O–H groups in total. The van der Waals surface area contributed by atoms with Gasteiger partial charge in [0.2, 0.25) is 0 Å². The van der Waals surface area contributed by atoms with Gasteiger partial charge in [-0.05, 0) is 48.5 Å². The molecule has 0 amide bonds. The summed E-state index contributed by atoms with van der Waals surface area (Å²) in [6.45, 7) is 0. The molecule has 0 fully saturated rings. The summed E-state index contributed by atoms with van der Waals surface area (Å²) in [7, 11) is 0. The zero-order chi connectivity index (χ0) is 21.7. The van der Waals surface area contributed by atoms with E-state index < -0.39 is 5.82 Å². The van der Waals surface area contributed by atoms with Gasteiger partial charge >= 0.3 is 0 Å². The Morgan fingerprint density at radius 3 is 2.59 bits per heavy atom. The number of hydrogen-bond donors (Lipinski definition) is 3. The second-order valence-corrected chi connectivity index (χ2v) is 7.38. The van der Waals surface area contributed by atoms with Gasteiger partial charge < -0.3 is 10.1 Å². The number of halogens is 1. The van der Waals surface area contributed by atoms with E-state index in [-0.39, 0.29) is 5.75 Å². The molecule has 6 aromatic rings. The predicted molar refractivity (Wildman–Crippen MR) is 119 cm³/mol. The van der Waals surface area contributed by atoms with Crippen molar-refractivity contribution in [1.82, 2.24) is 30.1 Å². The number of nitrogens with zero attached hydrogens (tertiary/aromatic N) is 4. The molecule has 0 aliphatic heterocycles. The van der Waals surface area contributed by atoms with Crippen LogP contribution >= 0.6 is 0 Å². The molecule has 0 saturated carbocycles. The Hall–Kier alpha value is -4.59. The average molecular weight is 422 g/mol. The number of aromatic amines is 2. The van der Waals surface area contributed by atoms with E-state index in [0.717, 1.165) is 39.6 Å². The Bertz CT molecular complexity index is 1590. The number of phenols is 1. The van der Waals surface area contributed by atoms with Crippen LogP contribution < -0.4 is 0 Å². The van der Waals surface area contributed by atoms with Crippen LogP contribution in [0.5, 0.6) is 5.75 Å². The van der Waals surface area contributed by atoms with E-state index in [1.54, 1.807) is 12.4 Å².